The van der Waals surface area contributed by atoms with E-state index >= 15 is 0 Å². The van der Waals surface area contributed by atoms with Crippen molar-refractivity contribution in [2.45, 2.75) is 25.8 Å². The number of halogens is 2. The summed E-state index contributed by atoms with van der Waals surface area (Å²) < 4.78 is 8.90. The molecule has 2 heterocycles. The van der Waals surface area contributed by atoms with Crippen molar-refractivity contribution >= 4 is 38.6 Å². The second-order valence-corrected chi connectivity index (χ2v) is 5.97. The molecule has 0 saturated carbocycles. The molecule has 1 atom stereocenters. The lowest BCUT2D eigenvalue weighted by Gasteiger charge is -2.15. The van der Waals surface area contributed by atoms with E-state index in [9.17, 15) is 0 Å². The minimum absolute atomic E-state index is 0.0525. The Labute approximate surface area is 130 Å². The lowest BCUT2D eigenvalue weighted by atomic mass is 10.2. The third-order valence-corrected chi connectivity index (χ3v) is 4.14. The van der Waals surface area contributed by atoms with Gasteiger partial charge in [-0.15, -0.1) is 11.6 Å². The average Bonchev–Trinajstić information content (AvgIpc) is 3.01. The molecule has 0 aliphatic rings. The smallest absolute Gasteiger partial charge is 0.126 e. The van der Waals surface area contributed by atoms with Crippen LogP contribution in [-0.2, 0) is 5.88 Å². The summed E-state index contributed by atoms with van der Waals surface area (Å²) in [5.41, 5.74) is 2.00. The summed E-state index contributed by atoms with van der Waals surface area (Å²) in [6.45, 7) is 4.04. The van der Waals surface area contributed by atoms with Gasteiger partial charge in [0.05, 0.1) is 23.0 Å². The van der Waals surface area contributed by atoms with E-state index in [1.54, 1.807) is 0 Å². The summed E-state index contributed by atoms with van der Waals surface area (Å²) in [7, 11) is 0. The van der Waals surface area contributed by atoms with Crippen molar-refractivity contribution in [1.29, 1.82) is 0 Å². The Hall–Kier alpha value is -1.26. The maximum Gasteiger partial charge on any atom is 0.126 e. The van der Waals surface area contributed by atoms with Crippen LogP contribution in [0.25, 0.3) is 11.0 Å². The third-order valence-electron chi connectivity index (χ3n) is 3.40. The number of nitrogens with zero attached hydrogens (tertiary/aromatic N) is 2. The van der Waals surface area contributed by atoms with Crippen LogP contribution in [0.4, 0.5) is 0 Å². The summed E-state index contributed by atoms with van der Waals surface area (Å²) in [4.78, 5) is 4.59. The highest BCUT2D eigenvalue weighted by molar-refractivity contribution is 9.10. The van der Waals surface area contributed by atoms with Crippen LogP contribution in [0, 0.1) is 6.92 Å². The van der Waals surface area contributed by atoms with Crippen molar-refractivity contribution in [3.05, 3.63) is 52.1 Å². The lowest BCUT2D eigenvalue weighted by Crippen LogP contribution is -2.09. The first-order valence-electron chi connectivity index (χ1n) is 6.39. The average molecular weight is 354 g/mol. The molecule has 0 aliphatic heterocycles. The van der Waals surface area contributed by atoms with Gasteiger partial charge in [0.15, 0.2) is 0 Å². The predicted molar refractivity (Wildman–Crippen MR) is 84.2 cm³/mol. The monoisotopic (exact) mass is 352 g/mol. The summed E-state index contributed by atoms with van der Waals surface area (Å²) in [5.74, 6) is 3.04. The molecule has 0 N–H and O–H groups in total. The van der Waals surface area contributed by atoms with Crippen molar-refractivity contribution in [3.63, 3.8) is 0 Å². The van der Waals surface area contributed by atoms with Crippen molar-refractivity contribution in [1.82, 2.24) is 9.55 Å². The fourth-order valence-electron chi connectivity index (χ4n) is 2.45. The molecule has 0 spiro atoms. The van der Waals surface area contributed by atoms with Gasteiger partial charge in [0.25, 0.3) is 0 Å². The van der Waals surface area contributed by atoms with Crippen molar-refractivity contribution in [3.8, 4) is 0 Å². The normalized spacial score (nSPS) is 13.0. The maximum atomic E-state index is 6.05. The number of alkyl halides is 1. The number of rotatable bonds is 3. The van der Waals surface area contributed by atoms with Gasteiger partial charge >= 0.3 is 0 Å². The Kier molecular flexibility index (Phi) is 3.61. The number of benzene rings is 1. The van der Waals surface area contributed by atoms with Gasteiger partial charge in [-0.3, -0.25) is 0 Å². The lowest BCUT2D eigenvalue weighted by molar-refractivity contribution is 0.429. The molecule has 104 valence electrons. The topological polar surface area (TPSA) is 31.0 Å². The van der Waals surface area contributed by atoms with Crippen molar-refractivity contribution in [2.75, 3.05) is 0 Å². The fraction of sp³-hybridized carbons (Fsp3) is 0.267. The number of aromatic nitrogens is 2. The van der Waals surface area contributed by atoms with E-state index in [1.807, 2.05) is 31.2 Å². The Balaban J connectivity index is 2.20. The number of aryl methyl sites for hydroxylation is 1. The molecule has 0 bridgehead atoms. The molecule has 1 aromatic carbocycles. The van der Waals surface area contributed by atoms with Crippen LogP contribution < -0.4 is 0 Å². The van der Waals surface area contributed by atoms with Gasteiger partial charge in [0.1, 0.15) is 17.3 Å². The third kappa shape index (κ3) is 2.27. The van der Waals surface area contributed by atoms with Crippen LogP contribution in [-0.4, -0.2) is 9.55 Å². The number of fused-ring (bicyclic) bond motifs is 1. The molecule has 0 saturated heterocycles. The second-order valence-electron chi connectivity index (χ2n) is 4.79. The minimum atomic E-state index is 0.0525. The minimum Gasteiger partial charge on any atom is -0.464 e. The molecule has 1 unspecified atom stereocenters. The van der Waals surface area contributed by atoms with Crippen LogP contribution in [0.3, 0.4) is 0 Å². The molecular formula is C15H14BrClN2O. The van der Waals surface area contributed by atoms with Crippen LogP contribution in [0.1, 0.15) is 30.3 Å². The van der Waals surface area contributed by atoms with E-state index in [2.05, 4.69) is 38.5 Å². The van der Waals surface area contributed by atoms with Gasteiger partial charge < -0.3 is 8.98 Å². The van der Waals surface area contributed by atoms with E-state index < -0.39 is 0 Å². The van der Waals surface area contributed by atoms with Gasteiger partial charge in [0, 0.05) is 4.47 Å². The first-order chi connectivity index (χ1) is 9.60. The van der Waals surface area contributed by atoms with Crippen molar-refractivity contribution in [2.24, 2.45) is 0 Å². The number of imidazole rings is 1. The van der Waals surface area contributed by atoms with Gasteiger partial charge in [0.2, 0.25) is 0 Å². The highest BCUT2D eigenvalue weighted by Crippen LogP contribution is 2.29. The van der Waals surface area contributed by atoms with Gasteiger partial charge in [-0.25, -0.2) is 4.98 Å². The maximum absolute atomic E-state index is 6.05. The van der Waals surface area contributed by atoms with Crippen LogP contribution in [0.2, 0.25) is 0 Å². The van der Waals surface area contributed by atoms with E-state index in [0.717, 1.165) is 32.9 Å². The van der Waals surface area contributed by atoms with Gasteiger partial charge in [-0.1, -0.05) is 15.9 Å². The van der Waals surface area contributed by atoms with E-state index in [0.29, 0.717) is 5.88 Å². The number of hydrogen-bond donors (Lipinski definition) is 0. The van der Waals surface area contributed by atoms with E-state index in [-0.39, 0.29) is 6.04 Å². The molecule has 3 aromatic rings. The fourth-order valence-corrected chi connectivity index (χ4v) is 2.99. The zero-order chi connectivity index (χ0) is 14.3. The summed E-state index contributed by atoms with van der Waals surface area (Å²) in [5, 5.41) is 0. The molecule has 0 amide bonds. The Morgan fingerprint density at radius 2 is 2.15 bits per heavy atom. The Morgan fingerprint density at radius 3 is 2.80 bits per heavy atom. The summed E-state index contributed by atoms with van der Waals surface area (Å²) in [6, 6.07) is 10.1. The molecule has 5 heteroatoms. The summed E-state index contributed by atoms with van der Waals surface area (Å²) >= 11 is 9.56. The SMILES string of the molecule is Cc1ccc(C(C)n2c(CCl)nc3ccc(Br)cc32)o1. The molecular weight excluding hydrogens is 340 g/mol. The van der Waals surface area contributed by atoms with Crippen LogP contribution >= 0.6 is 27.5 Å². The predicted octanol–water partition coefficient (Wildman–Crippen LogP) is 5.05. The molecule has 2 aromatic heterocycles. The number of furan rings is 1. The van der Waals surface area contributed by atoms with Crippen molar-refractivity contribution < 1.29 is 4.42 Å². The number of hydrogen-bond acceptors (Lipinski definition) is 2. The highest BCUT2D eigenvalue weighted by Gasteiger charge is 2.19. The van der Waals surface area contributed by atoms with E-state index in [4.69, 9.17) is 16.0 Å². The molecule has 0 fully saturated rings. The van der Waals surface area contributed by atoms with Crippen LogP contribution in [0.15, 0.2) is 39.2 Å². The van der Waals surface area contributed by atoms with Gasteiger partial charge in [-0.05, 0) is 44.2 Å². The highest BCUT2D eigenvalue weighted by atomic mass is 79.9. The molecule has 3 rings (SSSR count). The molecule has 0 aliphatic carbocycles. The zero-order valence-electron chi connectivity index (χ0n) is 11.2. The summed E-state index contributed by atoms with van der Waals surface area (Å²) in [6.07, 6.45) is 0. The first kappa shape index (κ1) is 13.7. The van der Waals surface area contributed by atoms with Crippen LogP contribution in [0.5, 0.6) is 0 Å². The molecule has 0 radical (unpaired) electrons. The van der Waals surface area contributed by atoms with Gasteiger partial charge in [-0.2, -0.15) is 0 Å². The Morgan fingerprint density at radius 1 is 1.35 bits per heavy atom. The Bertz CT molecular complexity index is 762. The standard InChI is InChI=1S/C15H14BrClN2O/c1-9-3-6-14(20-9)10(2)19-13-7-11(16)4-5-12(13)18-15(19)8-17/h3-7,10H,8H2,1-2H3. The largest absolute Gasteiger partial charge is 0.464 e. The second kappa shape index (κ2) is 5.26. The molecule has 20 heavy (non-hydrogen) atoms. The zero-order valence-corrected chi connectivity index (χ0v) is 13.6. The van der Waals surface area contributed by atoms with E-state index in [1.165, 1.54) is 0 Å². The quantitative estimate of drug-likeness (QED) is 0.617. The first-order valence-corrected chi connectivity index (χ1v) is 7.71. The molecule has 3 nitrogen and oxygen atoms in total.